The molecule has 5 nitrogen and oxygen atoms in total. The molecule has 2 rings (SSSR count). The van der Waals surface area contributed by atoms with Gasteiger partial charge in [0.2, 0.25) is 0 Å². The standard InChI is InChI=1S/C14H16N4O/c1-10(12-5-3-4-7-16-12)18-14(19)13-9-11(15-2)6-8-17-13/h3-10H,1-2H3,(H,15,17)(H,18,19). The number of pyridine rings is 2. The topological polar surface area (TPSA) is 66.9 Å². The van der Waals surface area contributed by atoms with Crippen LogP contribution >= 0.6 is 0 Å². The fraction of sp³-hybridized carbons (Fsp3) is 0.214. The van der Waals surface area contributed by atoms with Crippen LogP contribution in [0.3, 0.4) is 0 Å². The van der Waals surface area contributed by atoms with Crippen LogP contribution in [0.2, 0.25) is 0 Å². The fourth-order valence-corrected chi connectivity index (χ4v) is 1.69. The number of aromatic nitrogens is 2. The van der Waals surface area contributed by atoms with Crippen molar-refractivity contribution in [2.24, 2.45) is 0 Å². The van der Waals surface area contributed by atoms with Crippen molar-refractivity contribution in [1.82, 2.24) is 15.3 Å². The average Bonchev–Trinajstić information content (AvgIpc) is 2.48. The molecule has 0 saturated heterocycles. The number of hydrogen-bond donors (Lipinski definition) is 2. The highest BCUT2D eigenvalue weighted by Gasteiger charge is 2.13. The molecule has 0 aliphatic heterocycles. The molecule has 0 spiro atoms. The van der Waals surface area contributed by atoms with Crippen molar-refractivity contribution in [2.45, 2.75) is 13.0 Å². The summed E-state index contributed by atoms with van der Waals surface area (Å²) in [6.45, 7) is 1.89. The van der Waals surface area contributed by atoms with Gasteiger partial charge in [-0.15, -0.1) is 0 Å². The first-order chi connectivity index (χ1) is 9.20. The molecule has 0 radical (unpaired) electrons. The molecule has 0 aromatic carbocycles. The van der Waals surface area contributed by atoms with E-state index in [1.165, 1.54) is 0 Å². The van der Waals surface area contributed by atoms with Crippen molar-refractivity contribution in [2.75, 3.05) is 12.4 Å². The van der Waals surface area contributed by atoms with E-state index in [1.54, 1.807) is 31.6 Å². The quantitative estimate of drug-likeness (QED) is 0.878. The van der Waals surface area contributed by atoms with E-state index >= 15 is 0 Å². The second-order valence-electron chi connectivity index (χ2n) is 4.13. The highest BCUT2D eigenvalue weighted by Crippen LogP contribution is 2.11. The molecule has 1 amide bonds. The largest absolute Gasteiger partial charge is 0.388 e. The van der Waals surface area contributed by atoms with E-state index in [1.807, 2.05) is 25.1 Å². The third-order valence-corrected chi connectivity index (χ3v) is 2.76. The molecule has 0 fully saturated rings. The van der Waals surface area contributed by atoms with Gasteiger partial charge in [-0.05, 0) is 31.2 Å². The Balaban J connectivity index is 2.08. The van der Waals surface area contributed by atoms with Crippen LogP contribution in [-0.4, -0.2) is 22.9 Å². The van der Waals surface area contributed by atoms with Crippen molar-refractivity contribution in [3.63, 3.8) is 0 Å². The van der Waals surface area contributed by atoms with Crippen LogP contribution in [0, 0.1) is 0 Å². The van der Waals surface area contributed by atoms with Crippen LogP contribution in [-0.2, 0) is 0 Å². The predicted molar refractivity (Wildman–Crippen MR) is 73.9 cm³/mol. The maximum absolute atomic E-state index is 12.1. The first-order valence-electron chi connectivity index (χ1n) is 6.06. The summed E-state index contributed by atoms with van der Waals surface area (Å²) in [4.78, 5) is 20.3. The average molecular weight is 256 g/mol. The summed E-state index contributed by atoms with van der Waals surface area (Å²) in [6.07, 6.45) is 3.31. The third-order valence-electron chi connectivity index (χ3n) is 2.76. The molecular weight excluding hydrogens is 240 g/mol. The second kappa shape index (κ2) is 5.95. The molecule has 5 heteroatoms. The van der Waals surface area contributed by atoms with Gasteiger partial charge in [-0.25, -0.2) is 0 Å². The summed E-state index contributed by atoms with van der Waals surface area (Å²) in [6, 6.07) is 8.97. The summed E-state index contributed by atoms with van der Waals surface area (Å²) in [5.74, 6) is -0.213. The van der Waals surface area contributed by atoms with Gasteiger partial charge in [0.15, 0.2) is 0 Å². The lowest BCUT2D eigenvalue weighted by atomic mass is 10.2. The van der Waals surface area contributed by atoms with Crippen LogP contribution in [0.15, 0.2) is 42.7 Å². The Hall–Kier alpha value is -2.43. The van der Waals surface area contributed by atoms with Gasteiger partial charge in [0.25, 0.3) is 5.91 Å². The van der Waals surface area contributed by atoms with E-state index in [-0.39, 0.29) is 11.9 Å². The highest BCUT2D eigenvalue weighted by molar-refractivity contribution is 5.93. The zero-order chi connectivity index (χ0) is 13.7. The van der Waals surface area contributed by atoms with Crippen LogP contribution in [0.1, 0.15) is 29.1 Å². The molecule has 98 valence electrons. The summed E-state index contributed by atoms with van der Waals surface area (Å²) >= 11 is 0. The molecule has 2 N–H and O–H groups in total. The number of amides is 1. The molecule has 2 aromatic heterocycles. The van der Waals surface area contributed by atoms with Crippen molar-refractivity contribution in [3.05, 3.63) is 54.1 Å². The van der Waals surface area contributed by atoms with E-state index in [0.29, 0.717) is 5.69 Å². The van der Waals surface area contributed by atoms with Gasteiger partial charge in [0, 0.05) is 25.1 Å². The van der Waals surface area contributed by atoms with Gasteiger partial charge in [0.05, 0.1) is 11.7 Å². The molecule has 0 aliphatic carbocycles. The molecule has 1 unspecified atom stereocenters. The molecular formula is C14H16N4O. The van der Waals surface area contributed by atoms with Crippen molar-refractivity contribution < 1.29 is 4.79 Å². The highest BCUT2D eigenvalue weighted by atomic mass is 16.1. The molecule has 1 atom stereocenters. The molecule has 2 heterocycles. The zero-order valence-electron chi connectivity index (χ0n) is 10.9. The van der Waals surface area contributed by atoms with Crippen molar-refractivity contribution >= 4 is 11.6 Å². The Morgan fingerprint density at radius 3 is 2.74 bits per heavy atom. The van der Waals surface area contributed by atoms with Crippen LogP contribution < -0.4 is 10.6 Å². The lowest BCUT2D eigenvalue weighted by Crippen LogP contribution is -2.27. The lowest BCUT2D eigenvalue weighted by Gasteiger charge is -2.13. The van der Waals surface area contributed by atoms with E-state index < -0.39 is 0 Å². The van der Waals surface area contributed by atoms with Gasteiger partial charge in [-0.2, -0.15) is 0 Å². The number of hydrogen-bond acceptors (Lipinski definition) is 4. The SMILES string of the molecule is CNc1ccnc(C(=O)NC(C)c2ccccn2)c1. The van der Waals surface area contributed by atoms with E-state index in [0.717, 1.165) is 11.4 Å². The molecule has 0 bridgehead atoms. The second-order valence-corrected chi connectivity index (χ2v) is 4.13. The minimum Gasteiger partial charge on any atom is -0.388 e. The van der Waals surface area contributed by atoms with Crippen LogP contribution in [0.25, 0.3) is 0 Å². The molecule has 19 heavy (non-hydrogen) atoms. The van der Waals surface area contributed by atoms with Crippen molar-refractivity contribution in [1.29, 1.82) is 0 Å². The molecule has 0 aliphatic rings. The maximum atomic E-state index is 12.1. The van der Waals surface area contributed by atoms with Gasteiger partial charge in [0.1, 0.15) is 5.69 Å². The van der Waals surface area contributed by atoms with Gasteiger partial charge in [-0.1, -0.05) is 6.07 Å². The van der Waals surface area contributed by atoms with E-state index in [2.05, 4.69) is 20.6 Å². The number of carbonyl (C=O) groups excluding carboxylic acids is 1. The normalized spacial score (nSPS) is 11.7. The summed E-state index contributed by atoms with van der Waals surface area (Å²) in [5.41, 5.74) is 2.06. The van der Waals surface area contributed by atoms with E-state index in [9.17, 15) is 4.79 Å². The Morgan fingerprint density at radius 2 is 2.05 bits per heavy atom. The smallest absolute Gasteiger partial charge is 0.270 e. The van der Waals surface area contributed by atoms with Crippen LogP contribution in [0.4, 0.5) is 5.69 Å². The van der Waals surface area contributed by atoms with Crippen molar-refractivity contribution in [3.8, 4) is 0 Å². The summed E-state index contributed by atoms with van der Waals surface area (Å²) in [5, 5.41) is 5.85. The third kappa shape index (κ3) is 3.28. The maximum Gasteiger partial charge on any atom is 0.270 e. The number of anilines is 1. The minimum absolute atomic E-state index is 0.159. The molecule has 0 saturated carbocycles. The summed E-state index contributed by atoms with van der Waals surface area (Å²) in [7, 11) is 1.80. The number of carbonyl (C=O) groups is 1. The number of nitrogens with zero attached hydrogens (tertiary/aromatic N) is 2. The Bertz CT molecular complexity index is 556. The van der Waals surface area contributed by atoms with Gasteiger partial charge < -0.3 is 10.6 Å². The fourth-order valence-electron chi connectivity index (χ4n) is 1.69. The lowest BCUT2D eigenvalue weighted by molar-refractivity contribution is 0.0934. The van der Waals surface area contributed by atoms with E-state index in [4.69, 9.17) is 0 Å². The molecule has 2 aromatic rings. The first kappa shape index (κ1) is 13.0. The van der Waals surface area contributed by atoms with Crippen LogP contribution in [0.5, 0.6) is 0 Å². The Kier molecular flexibility index (Phi) is 4.07. The number of rotatable bonds is 4. The minimum atomic E-state index is -0.213. The summed E-state index contributed by atoms with van der Waals surface area (Å²) < 4.78 is 0. The van der Waals surface area contributed by atoms with Gasteiger partial charge in [-0.3, -0.25) is 14.8 Å². The Labute approximate surface area is 112 Å². The Morgan fingerprint density at radius 1 is 1.21 bits per heavy atom. The zero-order valence-corrected chi connectivity index (χ0v) is 10.9. The predicted octanol–water partition coefficient (Wildman–Crippen LogP) is 2.01. The van der Waals surface area contributed by atoms with Gasteiger partial charge >= 0.3 is 0 Å². The monoisotopic (exact) mass is 256 g/mol. The number of nitrogens with one attached hydrogen (secondary N) is 2. The first-order valence-corrected chi connectivity index (χ1v) is 6.06.